The Morgan fingerprint density at radius 1 is 0.345 bits per heavy atom. The van der Waals surface area contributed by atoms with Gasteiger partial charge in [-0.3, -0.25) is 43.5 Å². The van der Waals surface area contributed by atoms with Crippen LogP contribution in [0.3, 0.4) is 0 Å². The van der Waals surface area contributed by atoms with Gasteiger partial charge in [-0.15, -0.1) is 0 Å². The highest BCUT2D eigenvalue weighted by Gasteiger charge is 2.43. The number of rotatable bonds is 24. The molecule has 0 spiro atoms. The molecule has 14 rings (SSSR count). The van der Waals surface area contributed by atoms with Crippen molar-refractivity contribution in [2.75, 3.05) is 106 Å². The van der Waals surface area contributed by atoms with Gasteiger partial charge >= 0.3 is 6.18 Å². The SMILES string of the molecule is CC(C)N1CCC(C)(NC(=O)c2cccnc2)CC1.CC(C)N1CCC(C)(NC(=O)c2ncccc2C(F)(F)F)CC1.CC(C)N1CCC(C)(NC(=O)c2ncccc2Cl)CC1.CC(C)N1CCC(C)(NC(=O)c2ncccc2F)CC1.CCc1cccc(C(=O)NC2(C)CCN(C(C)C)CC2)n1.COc1cccc(C(=O)NC2(C)CCN(C(C)C)CC2)n1.COc1cccnc1C(=O)NC1(C)CCN(C(C)C)CC1. The van der Waals surface area contributed by atoms with E-state index in [2.05, 4.69) is 238 Å². The van der Waals surface area contributed by atoms with Crippen LogP contribution in [-0.2, 0) is 12.6 Å². The van der Waals surface area contributed by atoms with Gasteiger partial charge in [0.05, 0.1) is 30.4 Å². The molecule has 7 aromatic rings. The van der Waals surface area contributed by atoms with Gasteiger partial charge in [-0.1, -0.05) is 30.7 Å². The van der Waals surface area contributed by atoms with Crippen molar-refractivity contribution >= 4 is 53.0 Å². The zero-order chi connectivity index (χ0) is 107. The number of aryl methyl sites for hydroxylation is 1. The number of hydrogen-bond donors (Lipinski definition) is 7. The minimum atomic E-state index is -4.59. The number of nitrogens with one attached hydrogen (secondary N) is 7. The fourth-order valence-corrected chi connectivity index (χ4v) is 18.8. The number of carbonyl (C=O) groups excluding carboxylic acids is 7. The number of likely N-dealkylation sites (tertiary alicyclic amines) is 7. The van der Waals surface area contributed by atoms with Crippen LogP contribution in [0, 0.1) is 5.82 Å². The number of aromatic nitrogens is 7. The lowest BCUT2D eigenvalue weighted by atomic mass is 9.88. The monoisotopic (exact) mass is 2040 g/mol. The van der Waals surface area contributed by atoms with Crippen LogP contribution in [0.5, 0.6) is 11.6 Å². The molecule has 0 atom stereocenters. The molecule has 7 aliphatic rings. The van der Waals surface area contributed by atoms with Gasteiger partial charge in [0.2, 0.25) is 5.88 Å². The number of pyridine rings is 7. The van der Waals surface area contributed by atoms with E-state index in [-0.39, 0.29) is 68.5 Å². The van der Waals surface area contributed by atoms with Crippen molar-refractivity contribution in [3.63, 3.8) is 0 Å². The molecule has 0 unspecified atom stereocenters. The molecule has 7 aliphatic heterocycles. The first-order valence-electron chi connectivity index (χ1n) is 51.8. The maximum atomic E-state index is 13.6. The van der Waals surface area contributed by atoms with Crippen molar-refractivity contribution in [2.45, 2.75) is 336 Å². The molecule has 0 aliphatic carbocycles. The summed E-state index contributed by atoms with van der Waals surface area (Å²) < 4.78 is 62.8. The smallest absolute Gasteiger partial charge is 0.418 e. The van der Waals surface area contributed by atoms with E-state index in [9.17, 15) is 51.1 Å². The largest absolute Gasteiger partial charge is 0.494 e. The Hall–Kier alpha value is -10.3. The highest BCUT2D eigenvalue weighted by molar-refractivity contribution is 6.33. The van der Waals surface area contributed by atoms with E-state index in [1.807, 2.05) is 32.9 Å². The lowest BCUT2D eigenvalue weighted by Crippen LogP contribution is -2.54. The summed E-state index contributed by atoms with van der Waals surface area (Å²) in [6.07, 6.45) is 18.2. The van der Waals surface area contributed by atoms with Gasteiger partial charge in [0, 0.05) is 222 Å². The number of alkyl halides is 3. The Labute approximate surface area is 864 Å². The molecule has 0 radical (unpaired) electrons. The zero-order valence-corrected chi connectivity index (χ0v) is 91.3. The molecule has 800 valence electrons. The quantitative estimate of drug-likeness (QED) is 0.0276. The Balaban J connectivity index is 0.000000207. The van der Waals surface area contributed by atoms with E-state index in [0.29, 0.717) is 100 Å². The number of piperidine rings is 7. The van der Waals surface area contributed by atoms with Crippen LogP contribution >= 0.6 is 11.6 Å². The minimum absolute atomic E-state index is 0.0198. The maximum absolute atomic E-state index is 13.6. The number of ether oxygens (including phenoxy) is 2. The summed E-state index contributed by atoms with van der Waals surface area (Å²) in [4.78, 5) is 131. The summed E-state index contributed by atoms with van der Waals surface area (Å²) in [5.41, 5.74) is -0.0229. The van der Waals surface area contributed by atoms with Crippen LogP contribution < -0.4 is 46.7 Å². The number of carbonyl (C=O) groups is 7. The van der Waals surface area contributed by atoms with Crippen LogP contribution in [0.15, 0.2) is 134 Å². The second-order valence-corrected chi connectivity index (χ2v) is 43.7. The minimum Gasteiger partial charge on any atom is -0.494 e. The van der Waals surface area contributed by atoms with Crippen molar-refractivity contribution in [3.8, 4) is 11.6 Å². The normalized spacial score (nSPS) is 18.9. The van der Waals surface area contributed by atoms with E-state index < -0.39 is 40.6 Å². The van der Waals surface area contributed by atoms with Gasteiger partial charge in [-0.2, -0.15) is 13.2 Å². The number of hydrogen-bond acceptors (Lipinski definition) is 23. The topological polar surface area (TPSA) is 335 Å². The van der Waals surface area contributed by atoms with E-state index in [1.165, 1.54) is 30.6 Å². The zero-order valence-electron chi connectivity index (χ0n) is 90.6. The van der Waals surface area contributed by atoms with Gasteiger partial charge in [0.15, 0.2) is 17.2 Å². The summed E-state index contributed by atoms with van der Waals surface area (Å²) >= 11 is 6.02. The average Bonchev–Trinajstić information content (AvgIpc) is 0.795. The van der Waals surface area contributed by atoms with E-state index >= 15 is 0 Å². The molecule has 7 amide bonds. The predicted octanol–water partition coefficient (Wildman–Crippen LogP) is 16.9. The van der Waals surface area contributed by atoms with Crippen LogP contribution in [0.25, 0.3) is 0 Å². The van der Waals surface area contributed by atoms with Crippen molar-refractivity contribution in [1.82, 2.24) is 106 Å². The van der Waals surface area contributed by atoms with Crippen LogP contribution in [0.2, 0.25) is 5.02 Å². The molecule has 35 heteroatoms. The lowest BCUT2D eigenvalue weighted by molar-refractivity contribution is -0.138. The first-order chi connectivity index (χ1) is 68.3. The summed E-state index contributed by atoms with van der Waals surface area (Å²) in [6, 6.07) is 30.0. The van der Waals surface area contributed by atoms with Gasteiger partial charge in [-0.05, 0) is 321 Å². The molecule has 145 heavy (non-hydrogen) atoms. The fourth-order valence-electron chi connectivity index (χ4n) is 18.6. The van der Waals surface area contributed by atoms with Gasteiger partial charge in [0.25, 0.3) is 41.4 Å². The van der Waals surface area contributed by atoms with Crippen LogP contribution in [0.4, 0.5) is 17.6 Å². The van der Waals surface area contributed by atoms with Gasteiger partial charge in [-0.25, -0.2) is 29.3 Å². The molecule has 0 saturated carbocycles. The van der Waals surface area contributed by atoms with Crippen molar-refractivity contribution < 1.29 is 60.6 Å². The Morgan fingerprint density at radius 2 is 0.634 bits per heavy atom. The predicted molar refractivity (Wildman–Crippen MR) is 565 cm³/mol. The summed E-state index contributed by atoms with van der Waals surface area (Å²) in [6.45, 7) is 60.9. The number of amides is 7. The summed E-state index contributed by atoms with van der Waals surface area (Å²) in [7, 11) is 3.10. The molecule has 7 aromatic heterocycles. The standard InChI is InChI=1S/C17H27N3O.C16H22F3N3O.2C16H25N3O2.C15H22ClN3O.C15H22FN3O.C15H23N3O/c1-5-14-7-6-8-15(18-14)16(21)19-17(4)9-11-20(12-10-17)13(2)3;1-11(2)22-9-6-15(3,7-10-22)21-14(23)13-12(16(17,18)19)5-4-8-20-13;1-12(2)19-10-7-16(3,8-11-19)18-15(20)14-13(21-4)6-5-9-17-14;1-12(2)19-10-8-16(3,9-11-19)18-15(20)13-6-5-7-14(17-13)21-4;2*1-11(2)19-9-6-15(3,7-10-19)18-14(20)13-12(16)5-4-8-17-13;1-12(2)18-9-6-15(3,7-10-18)17-14(19)13-5-4-8-16-11-13/h6-8,13H,5,9-12H2,1-4H3,(H,19,21);4-5,8,11H,6-7,9-10H2,1-3H3,(H,21,23);5-6,9,12H,7-8,10-11H2,1-4H3,(H,18,20);5-7,12H,8-11H2,1-4H3,(H,18,20);2*4-5,8,11H,6-7,9-10H2,1-3H3,(H,18,20);4-5,8,11-12H,6-7,9-10H2,1-3H3,(H,17,19). The first-order valence-corrected chi connectivity index (χ1v) is 52.2. The Bertz CT molecular complexity index is 5050. The summed E-state index contributed by atoms with van der Waals surface area (Å²) in [5.74, 6) is -1.34. The first kappa shape index (κ1) is 120. The van der Waals surface area contributed by atoms with E-state index in [1.54, 1.807) is 99.7 Å². The number of nitrogens with zero attached hydrogens (tertiary/aromatic N) is 14. The highest BCUT2D eigenvalue weighted by Crippen LogP contribution is 2.35. The maximum Gasteiger partial charge on any atom is 0.418 e. The van der Waals surface area contributed by atoms with Crippen molar-refractivity contribution in [3.05, 3.63) is 196 Å². The molecule has 7 fully saturated rings. The third-order valence-corrected chi connectivity index (χ3v) is 29.6. The van der Waals surface area contributed by atoms with Crippen LogP contribution in [0.1, 0.15) is 327 Å². The lowest BCUT2D eigenvalue weighted by Gasteiger charge is -2.41. The van der Waals surface area contributed by atoms with E-state index in [4.69, 9.17) is 21.1 Å². The average molecular weight is 2040 g/mol. The molecule has 30 nitrogen and oxygen atoms in total. The summed E-state index contributed by atoms with van der Waals surface area (Å²) in [5, 5.41) is 21.8. The molecule has 0 bridgehead atoms. The number of methoxy groups -OCH3 is 2. The molecule has 0 aromatic carbocycles. The molecule has 14 heterocycles. The molecular formula is C110H166ClF4N21O9. The van der Waals surface area contributed by atoms with Gasteiger partial charge < -0.3 is 81.0 Å². The third kappa shape index (κ3) is 37.5. The molecule has 7 N–H and O–H groups in total. The fraction of sp³-hybridized carbons (Fsp3) is 0.618. The highest BCUT2D eigenvalue weighted by atomic mass is 35.5. The second kappa shape index (κ2) is 55.1. The number of halogens is 5. The van der Waals surface area contributed by atoms with Crippen LogP contribution in [-0.4, -0.2) is 297 Å². The van der Waals surface area contributed by atoms with Crippen molar-refractivity contribution in [1.29, 1.82) is 0 Å². The second-order valence-electron chi connectivity index (χ2n) is 43.3. The third-order valence-electron chi connectivity index (χ3n) is 29.3. The molecular weight excluding hydrogens is 1870 g/mol. The molecule has 7 saturated heterocycles. The van der Waals surface area contributed by atoms with Gasteiger partial charge in [0.1, 0.15) is 28.5 Å². The Kier molecular flexibility index (Phi) is 45.5. The van der Waals surface area contributed by atoms with E-state index in [0.717, 1.165) is 187 Å². The Morgan fingerprint density at radius 3 is 0.959 bits per heavy atom. The van der Waals surface area contributed by atoms with Crippen molar-refractivity contribution in [2.24, 2.45) is 0 Å².